The van der Waals surface area contributed by atoms with E-state index in [0.29, 0.717) is 13.2 Å². The van der Waals surface area contributed by atoms with Crippen molar-refractivity contribution in [1.82, 2.24) is 0 Å². The van der Waals surface area contributed by atoms with Crippen molar-refractivity contribution in [2.24, 2.45) is 0 Å². The molecule has 0 aromatic carbocycles. The molecule has 0 aliphatic rings. The number of hydrogen-bond donors (Lipinski definition) is 1. The Bertz CT molecular complexity index is 253. The summed E-state index contributed by atoms with van der Waals surface area (Å²) >= 11 is 0. The zero-order chi connectivity index (χ0) is 14.0. The summed E-state index contributed by atoms with van der Waals surface area (Å²) in [4.78, 5) is 21.5. The maximum absolute atomic E-state index is 11.2. The van der Waals surface area contributed by atoms with Crippen molar-refractivity contribution in [3.05, 3.63) is 0 Å². The van der Waals surface area contributed by atoms with Gasteiger partial charge in [-0.05, 0) is 20.8 Å². The molecule has 0 aromatic rings. The molecular formula is C12H22O6. The molecule has 106 valence electrons. The maximum Gasteiger partial charge on any atom is 0.306 e. The van der Waals surface area contributed by atoms with Crippen LogP contribution in [0.1, 0.15) is 33.6 Å². The number of carboxylic acids is 1. The van der Waals surface area contributed by atoms with Crippen molar-refractivity contribution in [2.45, 2.75) is 45.8 Å². The number of esters is 1. The van der Waals surface area contributed by atoms with Gasteiger partial charge in [0, 0.05) is 6.61 Å². The Hall–Kier alpha value is -1.14. The number of aliphatic carboxylic acids is 1. The summed E-state index contributed by atoms with van der Waals surface area (Å²) in [7, 11) is 0. The summed E-state index contributed by atoms with van der Waals surface area (Å²) in [5.41, 5.74) is 0. The van der Waals surface area contributed by atoms with Crippen LogP contribution in [0, 0.1) is 0 Å². The molecular weight excluding hydrogens is 240 g/mol. The van der Waals surface area contributed by atoms with Gasteiger partial charge in [0.1, 0.15) is 6.10 Å². The summed E-state index contributed by atoms with van der Waals surface area (Å²) in [5, 5.41) is 8.41. The van der Waals surface area contributed by atoms with Crippen LogP contribution in [0.5, 0.6) is 0 Å². The first-order valence-electron chi connectivity index (χ1n) is 6.06. The Labute approximate surface area is 107 Å². The van der Waals surface area contributed by atoms with Crippen molar-refractivity contribution in [3.8, 4) is 0 Å². The number of carboxylic acid groups (broad SMARTS) is 1. The molecule has 0 aromatic heterocycles. The lowest BCUT2D eigenvalue weighted by atomic mass is 10.3. The molecule has 1 N–H and O–H groups in total. The standard InChI is InChI=1S/C12H22O6/c1-4-16-7-9(2)17-8-10(3)18-12(15)6-5-11(13)14/h9-10H,4-8H2,1-3H3,(H,13,14). The predicted molar refractivity (Wildman–Crippen MR) is 64.3 cm³/mol. The van der Waals surface area contributed by atoms with Crippen LogP contribution in [0.3, 0.4) is 0 Å². The Morgan fingerprint density at radius 3 is 2.33 bits per heavy atom. The zero-order valence-corrected chi connectivity index (χ0v) is 11.2. The molecule has 0 radical (unpaired) electrons. The van der Waals surface area contributed by atoms with E-state index in [0.717, 1.165) is 0 Å². The molecule has 2 unspecified atom stereocenters. The lowest BCUT2D eigenvalue weighted by molar-refractivity contribution is -0.155. The maximum atomic E-state index is 11.2. The molecule has 18 heavy (non-hydrogen) atoms. The van der Waals surface area contributed by atoms with Gasteiger partial charge in [0.05, 0.1) is 32.2 Å². The van der Waals surface area contributed by atoms with E-state index in [-0.39, 0.29) is 25.6 Å². The van der Waals surface area contributed by atoms with E-state index in [1.54, 1.807) is 6.92 Å². The minimum Gasteiger partial charge on any atom is -0.481 e. The molecule has 0 fully saturated rings. The second-order valence-electron chi connectivity index (χ2n) is 4.00. The zero-order valence-electron chi connectivity index (χ0n) is 11.2. The highest BCUT2D eigenvalue weighted by molar-refractivity contribution is 5.76. The minimum absolute atomic E-state index is 0.0647. The van der Waals surface area contributed by atoms with E-state index in [1.807, 2.05) is 13.8 Å². The summed E-state index contributed by atoms with van der Waals surface area (Å²) in [5.74, 6) is -1.54. The highest BCUT2D eigenvalue weighted by Gasteiger charge is 2.12. The summed E-state index contributed by atoms with van der Waals surface area (Å²) < 4.78 is 15.6. The second-order valence-corrected chi connectivity index (χ2v) is 4.00. The van der Waals surface area contributed by atoms with Gasteiger partial charge in [-0.15, -0.1) is 0 Å². The van der Waals surface area contributed by atoms with Crippen LogP contribution >= 0.6 is 0 Å². The number of ether oxygens (including phenoxy) is 3. The van der Waals surface area contributed by atoms with Crippen LogP contribution in [0.15, 0.2) is 0 Å². The molecule has 6 heteroatoms. The molecule has 0 spiro atoms. The van der Waals surface area contributed by atoms with Gasteiger partial charge < -0.3 is 19.3 Å². The highest BCUT2D eigenvalue weighted by atomic mass is 16.6. The van der Waals surface area contributed by atoms with Crippen molar-refractivity contribution in [2.75, 3.05) is 19.8 Å². The van der Waals surface area contributed by atoms with Gasteiger partial charge in [0.2, 0.25) is 0 Å². The molecule has 6 nitrogen and oxygen atoms in total. The largest absolute Gasteiger partial charge is 0.481 e. The number of rotatable bonds is 10. The molecule has 0 rings (SSSR count). The average molecular weight is 262 g/mol. The summed E-state index contributed by atoms with van der Waals surface area (Å²) in [6.07, 6.45) is -0.790. The smallest absolute Gasteiger partial charge is 0.306 e. The van der Waals surface area contributed by atoms with Crippen LogP contribution in [-0.4, -0.2) is 49.1 Å². The van der Waals surface area contributed by atoms with E-state index in [9.17, 15) is 9.59 Å². The van der Waals surface area contributed by atoms with Crippen molar-refractivity contribution in [1.29, 1.82) is 0 Å². The van der Waals surface area contributed by atoms with Gasteiger partial charge in [-0.1, -0.05) is 0 Å². The first-order chi connectivity index (χ1) is 8.45. The third kappa shape index (κ3) is 10.0. The third-order valence-electron chi connectivity index (χ3n) is 2.05. The molecule has 0 heterocycles. The molecule has 0 aliphatic carbocycles. The number of carbonyl (C=O) groups excluding carboxylic acids is 1. The Kier molecular flexibility index (Phi) is 9.22. The highest BCUT2D eigenvalue weighted by Crippen LogP contribution is 2.01. The van der Waals surface area contributed by atoms with E-state index >= 15 is 0 Å². The van der Waals surface area contributed by atoms with E-state index in [1.165, 1.54) is 0 Å². The molecule has 2 atom stereocenters. The van der Waals surface area contributed by atoms with Crippen LogP contribution in [0.4, 0.5) is 0 Å². The Balaban J connectivity index is 3.66. The van der Waals surface area contributed by atoms with Gasteiger partial charge >= 0.3 is 11.9 Å². The Morgan fingerprint density at radius 1 is 1.11 bits per heavy atom. The summed E-state index contributed by atoms with van der Waals surface area (Å²) in [6, 6.07) is 0. The van der Waals surface area contributed by atoms with Crippen LogP contribution in [0.2, 0.25) is 0 Å². The first-order valence-corrected chi connectivity index (χ1v) is 6.06. The fraction of sp³-hybridized carbons (Fsp3) is 0.833. The molecule has 0 aliphatic heterocycles. The average Bonchev–Trinajstić information content (AvgIpc) is 2.31. The minimum atomic E-state index is -1.01. The normalized spacial score (nSPS) is 13.9. The monoisotopic (exact) mass is 262 g/mol. The van der Waals surface area contributed by atoms with Gasteiger partial charge in [-0.3, -0.25) is 9.59 Å². The topological polar surface area (TPSA) is 82.1 Å². The fourth-order valence-electron chi connectivity index (χ4n) is 1.16. The third-order valence-corrected chi connectivity index (χ3v) is 2.05. The van der Waals surface area contributed by atoms with E-state index in [4.69, 9.17) is 19.3 Å². The molecule has 0 saturated carbocycles. The quantitative estimate of drug-likeness (QED) is 0.596. The van der Waals surface area contributed by atoms with Gasteiger partial charge in [-0.25, -0.2) is 0 Å². The van der Waals surface area contributed by atoms with E-state index < -0.39 is 18.0 Å². The second kappa shape index (κ2) is 9.85. The van der Waals surface area contributed by atoms with E-state index in [2.05, 4.69) is 0 Å². The van der Waals surface area contributed by atoms with Crippen molar-refractivity contribution < 1.29 is 28.9 Å². The van der Waals surface area contributed by atoms with Gasteiger partial charge in [-0.2, -0.15) is 0 Å². The van der Waals surface area contributed by atoms with Crippen molar-refractivity contribution in [3.63, 3.8) is 0 Å². The first kappa shape index (κ1) is 16.9. The van der Waals surface area contributed by atoms with Gasteiger partial charge in [0.25, 0.3) is 0 Å². The number of carbonyl (C=O) groups is 2. The number of hydrogen-bond acceptors (Lipinski definition) is 5. The molecule has 0 bridgehead atoms. The molecule has 0 saturated heterocycles. The SMILES string of the molecule is CCOCC(C)OCC(C)OC(=O)CCC(=O)O. The van der Waals surface area contributed by atoms with Crippen molar-refractivity contribution >= 4 is 11.9 Å². The lowest BCUT2D eigenvalue weighted by Crippen LogP contribution is -2.25. The van der Waals surface area contributed by atoms with Crippen LogP contribution in [-0.2, 0) is 23.8 Å². The Morgan fingerprint density at radius 2 is 1.78 bits per heavy atom. The van der Waals surface area contributed by atoms with Crippen LogP contribution in [0.25, 0.3) is 0 Å². The molecule has 0 amide bonds. The fourth-order valence-corrected chi connectivity index (χ4v) is 1.16. The van der Waals surface area contributed by atoms with Gasteiger partial charge in [0.15, 0.2) is 0 Å². The van der Waals surface area contributed by atoms with Crippen LogP contribution < -0.4 is 0 Å². The lowest BCUT2D eigenvalue weighted by Gasteiger charge is -2.17. The summed E-state index contributed by atoms with van der Waals surface area (Å²) in [6.45, 7) is 6.87. The predicted octanol–water partition coefficient (Wildman–Crippen LogP) is 1.22.